The van der Waals surface area contributed by atoms with Crippen LogP contribution in [-0.4, -0.2) is 40.3 Å². The molecule has 0 saturated carbocycles. The minimum atomic E-state index is -1.05. The molecule has 1 aliphatic heterocycles. The van der Waals surface area contributed by atoms with E-state index in [1.165, 1.54) is 4.90 Å². The number of likely N-dealkylation sites (tertiary alicyclic amines) is 1. The van der Waals surface area contributed by atoms with E-state index in [0.717, 1.165) is 5.56 Å². The maximum absolute atomic E-state index is 12.2. The van der Waals surface area contributed by atoms with E-state index in [1.807, 2.05) is 44.2 Å². The van der Waals surface area contributed by atoms with Crippen molar-refractivity contribution in [3.05, 3.63) is 46.0 Å². The van der Waals surface area contributed by atoms with E-state index < -0.39 is 17.2 Å². The van der Waals surface area contributed by atoms with Gasteiger partial charge in [-0.1, -0.05) is 44.2 Å². The van der Waals surface area contributed by atoms with Crippen LogP contribution in [0.2, 0.25) is 0 Å². The number of rotatable bonds is 5. The summed E-state index contributed by atoms with van der Waals surface area (Å²) in [4.78, 5) is 23.8. The number of nitrogens with zero attached hydrogens (tertiary/aromatic N) is 2. The zero-order valence-electron chi connectivity index (χ0n) is 13.3. The van der Waals surface area contributed by atoms with Crippen LogP contribution in [-0.2, 0) is 11.3 Å². The molecule has 7 heteroatoms. The van der Waals surface area contributed by atoms with Crippen LogP contribution < -0.4 is 0 Å². The SMILES string of the molecule is CC(C)[C@H]1C(O)N(C(=O)OCc2ccccc2)C[C@H]1C[N+](=O)[O-]. The van der Waals surface area contributed by atoms with Crippen molar-refractivity contribution < 1.29 is 19.6 Å². The Balaban J connectivity index is 2.00. The molecule has 1 N–H and O–H groups in total. The Morgan fingerprint density at radius 3 is 2.65 bits per heavy atom. The van der Waals surface area contributed by atoms with E-state index in [4.69, 9.17) is 4.74 Å². The van der Waals surface area contributed by atoms with Gasteiger partial charge in [-0.25, -0.2) is 4.79 Å². The van der Waals surface area contributed by atoms with Crippen molar-refractivity contribution in [1.82, 2.24) is 4.90 Å². The van der Waals surface area contributed by atoms with Crippen molar-refractivity contribution in [2.75, 3.05) is 13.1 Å². The highest BCUT2D eigenvalue weighted by atomic mass is 16.6. The molecule has 1 unspecified atom stereocenters. The van der Waals surface area contributed by atoms with Crippen LogP contribution in [0.5, 0.6) is 0 Å². The second-order valence-electron chi connectivity index (χ2n) is 6.20. The van der Waals surface area contributed by atoms with Crippen LogP contribution in [0, 0.1) is 27.9 Å². The van der Waals surface area contributed by atoms with Gasteiger partial charge in [0.05, 0.1) is 0 Å². The predicted molar refractivity (Wildman–Crippen MR) is 83.0 cm³/mol. The Labute approximate surface area is 135 Å². The average Bonchev–Trinajstić information content (AvgIpc) is 2.81. The molecule has 1 aliphatic rings. The molecule has 1 amide bonds. The number of amides is 1. The fourth-order valence-corrected chi connectivity index (χ4v) is 3.18. The normalized spacial score (nSPS) is 24.0. The number of nitro groups is 1. The monoisotopic (exact) mass is 322 g/mol. The Kier molecular flexibility index (Phi) is 5.54. The Morgan fingerprint density at radius 2 is 2.09 bits per heavy atom. The van der Waals surface area contributed by atoms with Crippen molar-refractivity contribution in [2.45, 2.75) is 26.7 Å². The van der Waals surface area contributed by atoms with Crippen molar-refractivity contribution in [1.29, 1.82) is 0 Å². The number of benzene rings is 1. The first-order chi connectivity index (χ1) is 10.9. The lowest BCUT2D eigenvalue weighted by atomic mass is 9.85. The molecule has 1 aromatic rings. The molecule has 0 radical (unpaired) electrons. The van der Waals surface area contributed by atoms with Crippen LogP contribution in [0.3, 0.4) is 0 Å². The summed E-state index contributed by atoms with van der Waals surface area (Å²) in [5, 5.41) is 21.2. The summed E-state index contributed by atoms with van der Waals surface area (Å²) in [6.45, 7) is 3.76. The van der Waals surface area contributed by atoms with Gasteiger partial charge in [0.1, 0.15) is 12.8 Å². The standard InChI is InChI=1S/C16H22N2O5/c1-11(2)14-13(9-18(21)22)8-17(15(14)19)16(20)23-10-12-6-4-3-5-7-12/h3-7,11,13-15,19H,8-10H2,1-2H3/t13-,14+,15?/m0/s1. The molecule has 126 valence electrons. The molecule has 1 fully saturated rings. The average molecular weight is 322 g/mol. The molecule has 1 aromatic carbocycles. The minimum absolute atomic E-state index is 0.0295. The Bertz CT molecular complexity index is 549. The van der Waals surface area contributed by atoms with Gasteiger partial charge in [0.2, 0.25) is 6.54 Å². The molecule has 1 heterocycles. The second kappa shape index (κ2) is 7.41. The molecular weight excluding hydrogens is 300 g/mol. The summed E-state index contributed by atoms with van der Waals surface area (Å²) in [5.74, 6) is -0.671. The number of hydrogen-bond acceptors (Lipinski definition) is 5. The third-order valence-electron chi connectivity index (χ3n) is 4.23. The number of aliphatic hydroxyl groups is 1. The highest BCUT2D eigenvalue weighted by Gasteiger charge is 2.47. The summed E-state index contributed by atoms with van der Waals surface area (Å²) in [6.07, 6.45) is -1.69. The van der Waals surface area contributed by atoms with Gasteiger partial charge in [-0.15, -0.1) is 0 Å². The lowest BCUT2D eigenvalue weighted by molar-refractivity contribution is -0.489. The summed E-state index contributed by atoms with van der Waals surface area (Å²) in [5.41, 5.74) is 0.844. The van der Waals surface area contributed by atoms with Gasteiger partial charge in [0, 0.05) is 23.3 Å². The molecule has 0 spiro atoms. The van der Waals surface area contributed by atoms with Gasteiger partial charge < -0.3 is 9.84 Å². The van der Waals surface area contributed by atoms with E-state index in [-0.39, 0.29) is 37.5 Å². The Morgan fingerprint density at radius 1 is 1.43 bits per heavy atom. The van der Waals surface area contributed by atoms with Crippen LogP contribution in [0.15, 0.2) is 30.3 Å². The van der Waals surface area contributed by atoms with E-state index >= 15 is 0 Å². The topological polar surface area (TPSA) is 92.9 Å². The summed E-state index contributed by atoms with van der Waals surface area (Å²) >= 11 is 0. The molecule has 7 nitrogen and oxygen atoms in total. The molecule has 23 heavy (non-hydrogen) atoms. The molecule has 0 bridgehead atoms. The first-order valence-corrected chi connectivity index (χ1v) is 7.67. The quantitative estimate of drug-likeness (QED) is 0.662. The summed E-state index contributed by atoms with van der Waals surface area (Å²) in [7, 11) is 0. The van der Waals surface area contributed by atoms with Crippen molar-refractivity contribution in [3.8, 4) is 0 Å². The lowest BCUT2D eigenvalue weighted by Gasteiger charge is -2.25. The van der Waals surface area contributed by atoms with Gasteiger partial charge in [-0.05, 0) is 11.5 Å². The number of hydrogen-bond donors (Lipinski definition) is 1. The smallest absolute Gasteiger partial charge is 0.412 e. The fraction of sp³-hybridized carbons (Fsp3) is 0.562. The van der Waals surface area contributed by atoms with Crippen molar-refractivity contribution in [3.63, 3.8) is 0 Å². The Hall–Kier alpha value is -2.15. The minimum Gasteiger partial charge on any atom is -0.444 e. The van der Waals surface area contributed by atoms with E-state index in [1.54, 1.807) is 0 Å². The van der Waals surface area contributed by atoms with Crippen LogP contribution in [0.25, 0.3) is 0 Å². The van der Waals surface area contributed by atoms with E-state index in [0.29, 0.717) is 0 Å². The zero-order chi connectivity index (χ0) is 17.0. The molecule has 0 aliphatic carbocycles. The van der Waals surface area contributed by atoms with Crippen molar-refractivity contribution >= 4 is 6.09 Å². The van der Waals surface area contributed by atoms with Crippen LogP contribution >= 0.6 is 0 Å². The number of carbonyl (C=O) groups excluding carboxylic acids is 1. The highest BCUT2D eigenvalue weighted by molar-refractivity contribution is 5.68. The number of carbonyl (C=O) groups is 1. The largest absolute Gasteiger partial charge is 0.444 e. The predicted octanol–water partition coefficient (Wildman–Crippen LogP) is 2.12. The maximum atomic E-state index is 12.2. The number of ether oxygens (including phenoxy) is 1. The molecule has 2 rings (SSSR count). The fourth-order valence-electron chi connectivity index (χ4n) is 3.18. The van der Waals surface area contributed by atoms with Gasteiger partial charge in [0.15, 0.2) is 0 Å². The van der Waals surface area contributed by atoms with Gasteiger partial charge in [0.25, 0.3) is 0 Å². The van der Waals surface area contributed by atoms with Gasteiger partial charge in [-0.3, -0.25) is 15.0 Å². The molecule has 0 aromatic heterocycles. The highest BCUT2D eigenvalue weighted by Crippen LogP contribution is 2.34. The van der Waals surface area contributed by atoms with Gasteiger partial charge >= 0.3 is 6.09 Å². The van der Waals surface area contributed by atoms with Gasteiger partial charge in [-0.2, -0.15) is 0 Å². The van der Waals surface area contributed by atoms with E-state index in [2.05, 4.69) is 0 Å². The second-order valence-corrected chi connectivity index (χ2v) is 6.20. The first-order valence-electron chi connectivity index (χ1n) is 7.67. The lowest BCUT2D eigenvalue weighted by Crippen LogP contribution is -2.39. The number of aliphatic hydroxyl groups excluding tert-OH is 1. The van der Waals surface area contributed by atoms with Crippen LogP contribution in [0.4, 0.5) is 4.79 Å². The van der Waals surface area contributed by atoms with E-state index in [9.17, 15) is 20.0 Å². The third-order valence-corrected chi connectivity index (χ3v) is 4.23. The third kappa shape index (κ3) is 4.19. The maximum Gasteiger partial charge on any atom is 0.412 e. The summed E-state index contributed by atoms with van der Waals surface area (Å²) < 4.78 is 5.22. The molecule has 1 saturated heterocycles. The summed E-state index contributed by atoms with van der Waals surface area (Å²) in [6, 6.07) is 9.22. The van der Waals surface area contributed by atoms with Crippen LogP contribution in [0.1, 0.15) is 19.4 Å². The zero-order valence-corrected chi connectivity index (χ0v) is 13.3. The van der Waals surface area contributed by atoms with Crippen molar-refractivity contribution in [2.24, 2.45) is 17.8 Å². The first kappa shape index (κ1) is 17.2. The molecule has 3 atom stereocenters. The molecular formula is C16H22N2O5.